The molecule has 0 N–H and O–H groups in total. The van der Waals surface area contributed by atoms with E-state index in [9.17, 15) is 4.39 Å². The Morgan fingerprint density at radius 2 is 2.00 bits per heavy atom. The van der Waals surface area contributed by atoms with Crippen molar-refractivity contribution in [2.24, 2.45) is 7.05 Å². The minimum atomic E-state index is -0.268. The number of imidazole rings is 1. The zero-order valence-electron chi connectivity index (χ0n) is 9.99. The Morgan fingerprint density at radius 1 is 1.21 bits per heavy atom. The minimum Gasteiger partial charge on any atom is -0.327 e. The van der Waals surface area contributed by atoms with E-state index in [0.29, 0.717) is 5.02 Å². The van der Waals surface area contributed by atoms with Crippen LogP contribution < -0.4 is 0 Å². The first-order valence-electron chi connectivity index (χ1n) is 5.63. The molecular weight excluding hydrogens is 378 g/mol. The fraction of sp³-hybridized carbons (Fsp3) is 0.0714. The van der Waals surface area contributed by atoms with Crippen molar-refractivity contribution in [3.05, 3.63) is 50.8 Å². The maximum Gasteiger partial charge on any atom is 0.142 e. The zero-order valence-corrected chi connectivity index (χ0v) is 12.9. The van der Waals surface area contributed by atoms with Crippen LogP contribution in [0.3, 0.4) is 0 Å². The van der Waals surface area contributed by atoms with Crippen molar-refractivity contribution in [3.8, 4) is 11.4 Å². The highest BCUT2D eigenvalue weighted by molar-refractivity contribution is 14.1. The number of aromatic nitrogens is 2. The quantitative estimate of drug-likeness (QED) is 0.557. The van der Waals surface area contributed by atoms with Crippen LogP contribution in [0.25, 0.3) is 22.4 Å². The predicted molar refractivity (Wildman–Crippen MR) is 83.8 cm³/mol. The largest absolute Gasteiger partial charge is 0.327 e. The molecule has 19 heavy (non-hydrogen) atoms. The lowest BCUT2D eigenvalue weighted by atomic mass is 10.2. The van der Waals surface area contributed by atoms with Crippen LogP contribution in [0.5, 0.6) is 0 Å². The molecule has 0 saturated carbocycles. The summed E-state index contributed by atoms with van der Waals surface area (Å²) in [6.07, 6.45) is 0. The first-order valence-corrected chi connectivity index (χ1v) is 7.09. The van der Waals surface area contributed by atoms with Crippen molar-refractivity contribution in [2.75, 3.05) is 0 Å². The third kappa shape index (κ3) is 2.23. The highest BCUT2D eigenvalue weighted by Gasteiger charge is 2.13. The molecule has 1 heterocycles. The maximum absolute atomic E-state index is 13.3. The number of hydrogen-bond donors (Lipinski definition) is 0. The number of aryl methyl sites for hydroxylation is 1. The molecule has 0 bridgehead atoms. The Balaban J connectivity index is 2.31. The topological polar surface area (TPSA) is 17.8 Å². The van der Waals surface area contributed by atoms with Gasteiger partial charge in [-0.15, -0.1) is 0 Å². The molecule has 0 unspecified atom stereocenters. The van der Waals surface area contributed by atoms with E-state index in [0.717, 1.165) is 26.0 Å². The summed E-state index contributed by atoms with van der Waals surface area (Å²) in [5.74, 6) is 0.472. The second-order valence-electron chi connectivity index (χ2n) is 4.25. The van der Waals surface area contributed by atoms with E-state index in [1.165, 1.54) is 12.1 Å². The molecule has 0 amide bonds. The second-order valence-corrected chi connectivity index (χ2v) is 5.90. The lowest BCUT2D eigenvalue weighted by Crippen LogP contribution is -1.93. The fourth-order valence-electron chi connectivity index (χ4n) is 2.07. The molecule has 0 saturated heterocycles. The average Bonchev–Trinajstić information content (AvgIpc) is 2.70. The van der Waals surface area contributed by atoms with Crippen molar-refractivity contribution >= 4 is 45.2 Å². The van der Waals surface area contributed by atoms with Gasteiger partial charge in [0.25, 0.3) is 0 Å². The van der Waals surface area contributed by atoms with Gasteiger partial charge in [0.2, 0.25) is 0 Å². The molecule has 0 fully saturated rings. The third-order valence-corrected chi connectivity index (χ3v) is 4.01. The molecule has 0 spiro atoms. The maximum atomic E-state index is 13.3. The highest BCUT2D eigenvalue weighted by atomic mass is 127. The summed E-state index contributed by atoms with van der Waals surface area (Å²) < 4.78 is 16.2. The smallest absolute Gasteiger partial charge is 0.142 e. The van der Waals surface area contributed by atoms with Crippen molar-refractivity contribution in [2.45, 2.75) is 0 Å². The lowest BCUT2D eigenvalue weighted by molar-refractivity contribution is 0.629. The fourth-order valence-corrected chi connectivity index (χ4v) is 2.77. The summed E-state index contributed by atoms with van der Waals surface area (Å²) in [4.78, 5) is 4.53. The SMILES string of the molecule is Cn1c(-c2cc(I)ccc2Cl)nc2ccc(F)cc21. The van der Waals surface area contributed by atoms with E-state index in [1.54, 1.807) is 6.07 Å². The van der Waals surface area contributed by atoms with Crippen molar-refractivity contribution in [1.29, 1.82) is 0 Å². The molecule has 0 aliphatic rings. The molecule has 2 aromatic carbocycles. The molecule has 0 aliphatic heterocycles. The van der Waals surface area contributed by atoms with Crippen LogP contribution >= 0.6 is 34.2 Å². The van der Waals surface area contributed by atoms with E-state index in [4.69, 9.17) is 11.6 Å². The van der Waals surface area contributed by atoms with E-state index in [1.807, 2.05) is 29.8 Å². The molecule has 0 radical (unpaired) electrons. The van der Waals surface area contributed by atoms with Gasteiger partial charge in [-0.1, -0.05) is 11.6 Å². The Kier molecular flexibility index (Phi) is 3.22. The molecular formula is C14H9ClFIN2. The Morgan fingerprint density at radius 3 is 2.79 bits per heavy atom. The molecule has 0 atom stereocenters. The minimum absolute atomic E-state index is 0.268. The Bertz CT molecular complexity index is 782. The Hall–Kier alpha value is -1.14. The molecule has 0 aliphatic carbocycles. The summed E-state index contributed by atoms with van der Waals surface area (Å²) in [5, 5.41) is 0.638. The van der Waals surface area contributed by atoms with Crippen LogP contribution in [0.1, 0.15) is 0 Å². The molecule has 5 heteroatoms. The van der Waals surface area contributed by atoms with Gasteiger partial charge in [-0.25, -0.2) is 9.37 Å². The lowest BCUT2D eigenvalue weighted by Gasteiger charge is -2.05. The normalized spacial score (nSPS) is 11.2. The second kappa shape index (κ2) is 4.76. The first kappa shape index (κ1) is 12.9. The van der Waals surface area contributed by atoms with Crippen LogP contribution in [0.15, 0.2) is 36.4 Å². The number of halogens is 3. The van der Waals surface area contributed by atoms with Crippen LogP contribution in [0.4, 0.5) is 4.39 Å². The average molecular weight is 387 g/mol. The van der Waals surface area contributed by atoms with Gasteiger partial charge < -0.3 is 4.57 Å². The number of benzene rings is 2. The highest BCUT2D eigenvalue weighted by Crippen LogP contribution is 2.31. The summed E-state index contributed by atoms with van der Waals surface area (Å²) in [5.41, 5.74) is 2.37. The van der Waals surface area contributed by atoms with Gasteiger partial charge in [0.05, 0.1) is 16.1 Å². The van der Waals surface area contributed by atoms with Crippen LogP contribution in [-0.4, -0.2) is 9.55 Å². The summed E-state index contributed by atoms with van der Waals surface area (Å²) in [6.45, 7) is 0. The van der Waals surface area contributed by atoms with Gasteiger partial charge in [0, 0.05) is 16.2 Å². The van der Waals surface area contributed by atoms with Gasteiger partial charge in [0.15, 0.2) is 0 Å². The standard InChI is InChI=1S/C14H9ClFIN2/c1-19-13-6-8(16)2-5-12(13)18-14(19)10-7-9(17)3-4-11(10)15/h2-7H,1H3. The van der Waals surface area contributed by atoms with Gasteiger partial charge >= 0.3 is 0 Å². The molecule has 3 rings (SSSR count). The van der Waals surface area contributed by atoms with Crippen molar-refractivity contribution in [3.63, 3.8) is 0 Å². The molecule has 2 nitrogen and oxygen atoms in total. The van der Waals surface area contributed by atoms with Gasteiger partial charge in [0.1, 0.15) is 11.6 Å². The molecule has 1 aromatic heterocycles. The van der Waals surface area contributed by atoms with Crippen molar-refractivity contribution < 1.29 is 4.39 Å². The summed E-state index contributed by atoms with van der Waals surface area (Å²) in [6, 6.07) is 10.3. The molecule has 96 valence electrons. The number of nitrogens with zero attached hydrogens (tertiary/aromatic N) is 2. The van der Waals surface area contributed by atoms with Crippen LogP contribution in [-0.2, 0) is 7.05 Å². The Labute approximate surface area is 128 Å². The van der Waals surface area contributed by atoms with Crippen LogP contribution in [0.2, 0.25) is 5.02 Å². The molecule has 3 aromatic rings. The van der Waals surface area contributed by atoms with E-state index >= 15 is 0 Å². The predicted octanol–water partition coefficient (Wildman–Crippen LogP) is 4.64. The number of fused-ring (bicyclic) bond motifs is 1. The van der Waals surface area contributed by atoms with Crippen molar-refractivity contribution in [1.82, 2.24) is 9.55 Å². The third-order valence-electron chi connectivity index (χ3n) is 3.01. The number of rotatable bonds is 1. The van der Waals surface area contributed by atoms with E-state index in [2.05, 4.69) is 27.6 Å². The summed E-state index contributed by atoms with van der Waals surface area (Å²) in [7, 11) is 1.86. The van der Waals surface area contributed by atoms with Gasteiger partial charge in [-0.3, -0.25) is 0 Å². The van der Waals surface area contributed by atoms with Gasteiger partial charge in [-0.05, 0) is 59.0 Å². The van der Waals surface area contributed by atoms with E-state index in [-0.39, 0.29) is 5.82 Å². The zero-order chi connectivity index (χ0) is 13.6. The van der Waals surface area contributed by atoms with Gasteiger partial charge in [-0.2, -0.15) is 0 Å². The summed E-state index contributed by atoms with van der Waals surface area (Å²) >= 11 is 8.46. The first-order chi connectivity index (χ1) is 9.06. The monoisotopic (exact) mass is 386 g/mol. The number of hydrogen-bond acceptors (Lipinski definition) is 1. The van der Waals surface area contributed by atoms with E-state index < -0.39 is 0 Å². The van der Waals surface area contributed by atoms with Crippen LogP contribution in [0, 0.1) is 9.39 Å².